The van der Waals surface area contributed by atoms with E-state index in [9.17, 15) is 14.9 Å². The molecule has 0 aliphatic rings. The smallest absolute Gasteiger partial charge is 0.311 e. The number of carbonyl (C=O) groups is 1. The number of nitro benzene ring substituents is 1. The highest BCUT2D eigenvalue weighted by Gasteiger charge is 2.14. The summed E-state index contributed by atoms with van der Waals surface area (Å²) in [5.74, 6) is 4.57. The second kappa shape index (κ2) is 5.80. The molecule has 0 fully saturated rings. The molecule has 1 amide bonds. The molecule has 2 rings (SSSR count). The van der Waals surface area contributed by atoms with Crippen molar-refractivity contribution in [2.45, 2.75) is 6.73 Å². The first-order valence-electron chi connectivity index (χ1n) is 5.52. The van der Waals surface area contributed by atoms with Gasteiger partial charge in [0.15, 0.2) is 18.2 Å². The van der Waals surface area contributed by atoms with Gasteiger partial charge in [-0.15, -0.1) is 0 Å². The van der Waals surface area contributed by atoms with Crippen LogP contribution in [0.5, 0.6) is 5.75 Å². The zero-order valence-corrected chi connectivity index (χ0v) is 10.2. The lowest BCUT2D eigenvalue weighted by Gasteiger charge is -2.06. The van der Waals surface area contributed by atoms with Crippen molar-refractivity contribution in [2.75, 3.05) is 0 Å². The number of hydrazine groups is 1. The molecule has 3 N–H and O–H groups in total. The first-order valence-corrected chi connectivity index (χ1v) is 5.52. The molecule has 9 heteroatoms. The van der Waals surface area contributed by atoms with Crippen molar-refractivity contribution in [3.8, 4) is 5.75 Å². The highest BCUT2D eigenvalue weighted by Crippen LogP contribution is 2.25. The number of nitrogens with zero attached hydrogens (tertiary/aromatic N) is 3. The zero-order chi connectivity index (χ0) is 14.5. The fourth-order valence-corrected chi connectivity index (χ4v) is 1.49. The van der Waals surface area contributed by atoms with Crippen molar-refractivity contribution < 1.29 is 14.5 Å². The Bertz CT molecular complexity index is 639. The van der Waals surface area contributed by atoms with Crippen molar-refractivity contribution in [1.29, 1.82) is 0 Å². The average Bonchev–Trinajstić information content (AvgIpc) is 2.93. The van der Waals surface area contributed by atoms with Gasteiger partial charge in [-0.25, -0.2) is 10.5 Å². The molecule has 1 aromatic carbocycles. The molecule has 0 bridgehead atoms. The summed E-state index contributed by atoms with van der Waals surface area (Å²) in [7, 11) is 0. The van der Waals surface area contributed by atoms with E-state index in [1.54, 1.807) is 12.1 Å². The normalized spacial score (nSPS) is 10.1. The second-order valence-corrected chi connectivity index (χ2v) is 3.71. The maximum atomic E-state index is 11.2. The molecule has 0 aliphatic carbocycles. The molecule has 20 heavy (non-hydrogen) atoms. The summed E-state index contributed by atoms with van der Waals surface area (Å²) >= 11 is 0. The molecule has 1 aromatic heterocycles. The minimum Gasteiger partial charge on any atom is -0.464 e. The summed E-state index contributed by atoms with van der Waals surface area (Å²) in [4.78, 5) is 21.5. The molecule has 0 aliphatic heterocycles. The van der Waals surface area contributed by atoms with Gasteiger partial charge in [0.1, 0.15) is 0 Å². The molecule has 0 unspecified atom stereocenters. The highest BCUT2D eigenvalue weighted by atomic mass is 16.6. The van der Waals surface area contributed by atoms with Crippen molar-refractivity contribution in [2.24, 2.45) is 5.84 Å². The maximum absolute atomic E-state index is 11.2. The van der Waals surface area contributed by atoms with Gasteiger partial charge in [-0.05, 0) is 12.1 Å². The number of hydrogen-bond donors (Lipinski definition) is 2. The van der Waals surface area contributed by atoms with Crippen LogP contribution in [0.3, 0.4) is 0 Å². The van der Waals surface area contributed by atoms with Crippen LogP contribution >= 0.6 is 0 Å². The van der Waals surface area contributed by atoms with E-state index in [0.717, 1.165) is 0 Å². The average molecular weight is 277 g/mol. The predicted molar refractivity (Wildman–Crippen MR) is 67.6 cm³/mol. The molecule has 0 radical (unpaired) electrons. The van der Waals surface area contributed by atoms with E-state index in [2.05, 4.69) is 5.10 Å². The molecule has 9 nitrogen and oxygen atoms in total. The third-order valence-electron chi connectivity index (χ3n) is 2.42. The first kappa shape index (κ1) is 13.5. The minimum absolute atomic E-state index is 0.0668. The number of rotatable bonds is 5. The van der Waals surface area contributed by atoms with E-state index in [1.807, 2.05) is 5.43 Å². The Morgan fingerprint density at radius 3 is 2.90 bits per heavy atom. The van der Waals surface area contributed by atoms with E-state index in [1.165, 1.54) is 29.1 Å². The summed E-state index contributed by atoms with van der Waals surface area (Å²) in [6.45, 7) is -0.0668. The number of amides is 1. The van der Waals surface area contributed by atoms with Gasteiger partial charge in [0, 0.05) is 12.3 Å². The van der Waals surface area contributed by atoms with Gasteiger partial charge in [0.25, 0.3) is 5.91 Å². The van der Waals surface area contributed by atoms with Crippen LogP contribution in [0.15, 0.2) is 36.5 Å². The quantitative estimate of drug-likeness (QED) is 0.353. The van der Waals surface area contributed by atoms with E-state index in [0.29, 0.717) is 0 Å². The van der Waals surface area contributed by atoms with E-state index >= 15 is 0 Å². The van der Waals surface area contributed by atoms with Crippen LogP contribution in [0.1, 0.15) is 10.5 Å². The summed E-state index contributed by atoms with van der Waals surface area (Å²) in [5.41, 5.74) is 1.93. The second-order valence-electron chi connectivity index (χ2n) is 3.71. The van der Waals surface area contributed by atoms with E-state index in [4.69, 9.17) is 10.6 Å². The molecular weight excluding hydrogens is 266 g/mol. The van der Waals surface area contributed by atoms with Gasteiger partial charge in [-0.2, -0.15) is 5.10 Å². The number of para-hydroxylation sites is 2. The summed E-state index contributed by atoms with van der Waals surface area (Å²) in [6.07, 6.45) is 1.50. The van der Waals surface area contributed by atoms with Crippen LogP contribution in [0.4, 0.5) is 5.69 Å². The molecule has 0 spiro atoms. The maximum Gasteiger partial charge on any atom is 0.311 e. The Labute approximate surface area is 113 Å². The topological polar surface area (TPSA) is 125 Å². The largest absolute Gasteiger partial charge is 0.464 e. The summed E-state index contributed by atoms with van der Waals surface area (Å²) < 4.78 is 6.63. The fraction of sp³-hybridized carbons (Fsp3) is 0.0909. The molecule has 2 aromatic rings. The zero-order valence-electron chi connectivity index (χ0n) is 10.2. The van der Waals surface area contributed by atoms with Crippen LogP contribution in [0.25, 0.3) is 0 Å². The molecule has 0 saturated carbocycles. The Kier molecular flexibility index (Phi) is 3.91. The Morgan fingerprint density at radius 1 is 1.45 bits per heavy atom. The van der Waals surface area contributed by atoms with Crippen LogP contribution in [0.2, 0.25) is 0 Å². The molecule has 1 heterocycles. The number of benzene rings is 1. The van der Waals surface area contributed by atoms with E-state index in [-0.39, 0.29) is 23.9 Å². The van der Waals surface area contributed by atoms with Crippen LogP contribution < -0.4 is 16.0 Å². The number of nitro groups is 1. The van der Waals surface area contributed by atoms with Gasteiger partial charge in [0.05, 0.1) is 4.92 Å². The minimum atomic E-state index is -0.536. The Balaban J connectivity index is 2.07. The fourth-order valence-electron chi connectivity index (χ4n) is 1.49. The number of ether oxygens (including phenoxy) is 1. The molecule has 0 saturated heterocycles. The first-order chi connectivity index (χ1) is 9.61. The molecular formula is C11H11N5O4. The van der Waals surface area contributed by atoms with Crippen LogP contribution in [0, 0.1) is 10.1 Å². The highest BCUT2D eigenvalue weighted by molar-refractivity contribution is 5.91. The van der Waals surface area contributed by atoms with Gasteiger partial charge >= 0.3 is 5.69 Å². The van der Waals surface area contributed by atoms with Crippen molar-refractivity contribution in [1.82, 2.24) is 15.2 Å². The van der Waals surface area contributed by atoms with Gasteiger partial charge in [0.2, 0.25) is 0 Å². The van der Waals surface area contributed by atoms with Crippen molar-refractivity contribution >= 4 is 11.6 Å². The lowest BCUT2D eigenvalue weighted by atomic mass is 10.3. The SMILES string of the molecule is NNC(=O)c1ccn(COc2ccccc2[N+](=O)[O-])n1. The lowest BCUT2D eigenvalue weighted by molar-refractivity contribution is -0.386. The number of nitrogens with two attached hydrogens (primary N) is 1. The van der Waals surface area contributed by atoms with Gasteiger partial charge in [-0.1, -0.05) is 12.1 Å². The molecule has 0 atom stereocenters. The predicted octanol–water partition coefficient (Wildman–Crippen LogP) is 0.431. The Hall–Kier alpha value is -2.94. The summed E-state index contributed by atoms with van der Waals surface area (Å²) in [6, 6.07) is 7.44. The number of nitrogen functional groups attached to an aromatic ring is 1. The number of carbonyl (C=O) groups excluding carboxylic acids is 1. The van der Waals surface area contributed by atoms with Crippen LogP contribution in [-0.4, -0.2) is 20.6 Å². The van der Waals surface area contributed by atoms with Crippen molar-refractivity contribution in [3.05, 3.63) is 52.3 Å². The van der Waals surface area contributed by atoms with Gasteiger partial charge in [-0.3, -0.25) is 20.3 Å². The number of nitrogens with one attached hydrogen (secondary N) is 1. The van der Waals surface area contributed by atoms with Crippen LogP contribution in [-0.2, 0) is 6.73 Å². The number of aromatic nitrogens is 2. The molecule has 104 valence electrons. The number of hydrogen-bond acceptors (Lipinski definition) is 6. The monoisotopic (exact) mass is 277 g/mol. The standard InChI is InChI=1S/C11H11N5O4/c12-13-11(17)8-5-6-15(14-8)7-20-10-4-2-1-3-9(10)16(18)19/h1-6H,7,12H2,(H,13,17). The third kappa shape index (κ3) is 2.90. The summed E-state index contributed by atoms with van der Waals surface area (Å²) in [5, 5.41) is 14.7. The van der Waals surface area contributed by atoms with Gasteiger partial charge < -0.3 is 4.74 Å². The third-order valence-corrected chi connectivity index (χ3v) is 2.42. The Morgan fingerprint density at radius 2 is 2.20 bits per heavy atom. The lowest BCUT2D eigenvalue weighted by Crippen LogP contribution is -2.30. The van der Waals surface area contributed by atoms with E-state index < -0.39 is 10.8 Å². The van der Waals surface area contributed by atoms with Crippen molar-refractivity contribution in [3.63, 3.8) is 0 Å².